The van der Waals surface area contributed by atoms with E-state index in [0.717, 1.165) is 32.0 Å². The molecule has 1 aliphatic rings. The van der Waals surface area contributed by atoms with Gasteiger partial charge < -0.3 is 10.6 Å². The summed E-state index contributed by atoms with van der Waals surface area (Å²) < 4.78 is 0. The lowest BCUT2D eigenvalue weighted by atomic mass is 10.0. The molecule has 1 aliphatic heterocycles. The number of piperidine rings is 1. The van der Waals surface area contributed by atoms with Crippen LogP contribution in [0.25, 0.3) is 0 Å². The molecule has 0 bridgehead atoms. The van der Waals surface area contributed by atoms with Gasteiger partial charge in [-0.1, -0.05) is 18.2 Å². The molecule has 2 N–H and O–H groups in total. The second-order valence-corrected chi connectivity index (χ2v) is 5.41. The molecule has 20 heavy (non-hydrogen) atoms. The maximum atomic E-state index is 6.06. The van der Waals surface area contributed by atoms with Crippen molar-refractivity contribution >= 4 is 29.9 Å². The fraction of sp³-hybridized carbons (Fsp3) is 0.562. The normalized spacial score (nSPS) is 15.9. The van der Waals surface area contributed by atoms with E-state index in [-0.39, 0.29) is 24.0 Å². The third-order valence-electron chi connectivity index (χ3n) is 3.96. The number of hydrogen-bond donors (Lipinski definition) is 1. The molecule has 0 radical (unpaired) electrons. The predicted octanol–water partition coefficient (Wildman–Crippen LogP) is 3.26. The van der Waals surface area contributed by atoms with Gasteiger partial charge in [-0.3, -0.25) is 4.99 Å². The van der Waals surface area contributed by atoms with Crippen molar-refractivity contribution in [3.8, 4) is 0 Å². The summed E-state index contributed by atoms with van der Waals surface area (Å²) >= 11 is 0. The molecule has 112 valence electrons. The summed E-state index contributed by atoms with van der Waals surface area (Å²) in [5.74, 6) is 0.728. The third kappa shape index (κ3) is 4.65. The van der Waals surface area contributed by atoms with E-state index in [4.69, 9.17) is 5.73 Å². The van der Waals surface area contributed by atoms with E-state index in [9.17, 15) is 0 Å². The Bertz CT molecular complexity index is 431. The predicted molar refractivity (Wildman–Crippen MR) is 96.9 cm³/mol. The minimum atomic E-state index is 0. The van der Waals surface area contributed by atoms with Crippen LogP contribution >= 0.6 is 24.0 Å². The van der Waals surface area contributed by atoms with Gasteiger partial charge in [0.1, 0.15) is 0 Å². The van der Waals surface area contributed by atoms with E-state index in [2.05, 4.69) is 41.9 Å². The molecular weight excluding hydrogens is 361 g/mol. The standard InChI is InChI=1S/C16H25N3.HI/c1-13-7-6-8-14(2)15(13)9-10-18-16(17)19-11-4-3-5-12-19;/h6-8H,3-5,9-12H2,1-2H3,(H2,17,18);1H. The van der Waals surface area contributed by atoms with Crippen LogP contribution < -0.4 is 5.73 Å². The summed E-state index contributed by atoms with van der Waals surface area (Å²) in [6, 6.07) is 6.44. The van der Waals surface area contributed by atoms with Crippen molar-refractivity contribution < 1.29 is 0 Å². The van der Waals surface area contributed by atoms with Gasteiger partial charge in [0.15, 0.2) is 5.96 Å². The van der Waals surface area contributed by atoms with Gasteiger partial charge in [0.2, 0.25) is 0 Å². The van der Waals surface area contributed by atoms with Crippen LogP contribution in [0.4, 0.5) is 0 Å². The van der Waals surface area contributed by atoms with Crippen molar-refractivity contribution in [2.75, 3.05) is 19.6 Å². The molecule has 0 saturated carbocycles. The van der Waals surface area contributed by atoms with Gasteiger partial charge in [-0.2, -0.15) is 0 Å². The van der Waals surface area contributed by atoms with E-state index >= 15 is 0 Å². The number of guanidine groups is 1. The molecule has 1 saturated heterocycles. The van der Waals surface area contributed by atoms with Gasteiger partial charge in [0.25, 0.3) is 0 Å². The minimum Gasteiger partial charge on any atom is -0.370 e. The number of nitrogens with zero attached hydrogens (tertiary/aromatic N) is 2. The summed E-state index contributed by atoms with van der Waals surface area (Å²) in [6.07, 6.45) is 4.79. The molecule has 0 aromatic heterocycles. The van der Waals surface area contributed by atoms with Crippen LogP contribution in [0.5, 0.6) is 0 Å². The molecule has 0 spiro atoms. The summed E-state index contributed by atoms with van der Waals surface area (Å²) in [7, 11) is 0. The molecule has 0 amide bonds. The van der Waals surface area contributed by atoms with Crippen LogP contribution in [0, 0.1) is 13.8 Å². The quantitative estimate of drug-likeness (QED) is 0.492. The Hall–Kier alpha value is -0.780. The number of rotatable bonds is 3. The van der Waals surface area contributed by atoms with Crippen molar-refractivity contribution in [1.29, 1.82) is 0 Å². The van der Waals surface area contributed by atoms with Gasteiger partial charge in [0.05, 0.1) is 0 Å². The number of aryl methyl sites for hydroxylation is 2. The molecule has 4 heteroatoms. The Morgan fingerprint density at radius 2 is 1.75 bits per heavy atom. The van der Waals surface area contributed by atoms with Crippen LogP contribution in [0.2, 0.25) is 0 Å². The first kappa shape index (κ1) is 17.3. The number of hydrogen-bond acceptors (Lipinski definition) is 1. The van der Waals surface area contributed by atoms with Crippen molar-refractivity contribution in [3.05, 3.63) is 34.9 Å². The summed E-state index contributed by atoms with van der Waals surface area (Å²) in [6.45, 7) is 7.26. The molecule has 1 heterocycles. The Balaban J connectivity index is 0.00000200. The molecule has 3 nitrogen and oxygen atoms in total. The van der Waals surface area contributed by atoms with Gasteiger partial charge in [-0.25, -0.2) is 0 Å². The summed E-state index contributed by atoms with van der Waals surface area (Å²) in [5.41, 5.74) is 10.2. The van der Waals surface area contributed by atoms with E-state index in [1.807, 2.05) is 0 Å². The topological polar surface area (TPSA) is 41.6 Å². The molecule has 2 rings (SSSR count). The molecule has 1 fully saturated rings. The van der Waals surface area contributed by atoms with Crippen LogP contribution in [-0.4, -0.2) is 30.5 Å². The van der Waals surface area contributed by atoms with Crippen LogP contribution in [0.15, 0.2) is 23.2 Å². The summed E-state index contributed by atoms with van der Waals surface area (Å²) in [4.78, 5) is 6.76. The van der Waals surface area contributed by atoms with Crippen molar-refractivity contribution in [2.45, 2.75) is 39.5 Å². The monoisotopic (exact) mass is 387 g/mol. The smallest absolute Gasteiger partial charge is 0.191 e. The minimum absolute atomic E-state index is 0. The first-order valence-electron chi connectivity index (χ1n) is 7.28. The van der Waals surface area contributed by atoms with Gasteiger partial charge in [-0.15, -0.1) is 24.0 Å². The number of likely N-dealkylation sites (tertiary alicyclic amines) is 1. The second-order valence-electron chi connectivity index (χ2n) is 5.41. The Morgan fingerprint density at radius 3 is 2.35 bits per heavy atom. The molecule has 0 unspecified atom stereocenters. The molecule has 1 aromatic rings. The molecule has 0 aliphatic carbocycles. The van der Waals surface area contributed by atoms with E-state index in [0.29, 0.717) is 0 Å². The lowest BCUT2D eigenvalue weighted by molar-refractivity contribution is 0.338. The van der Waals surface area contributed by atoms with Crippen LogP contribution in [0.1, 0.15) is 36.0 Å². The average Bonchev–Trinajstić information content (AvgIpc) is 2.43. The fourth-order valence-corrected chi connectivity index (χ4v) is 2.75. The average molecular weight is 387 g/mol. The largest absolute Gasteiger partial charge is 0.370 e. The first-order valence-corrected chi connectivity index (χ1v) is 7.28. The maximum Gasteiger partial charge on any atom is 0.191 e. The van der Waals surface area contributed by atoms with Crippen molar-refractivity contribution in [2.24, 2.45) is 10.7 Å². The highest BCUT2D eigenvalue weighted by Gasteiger charge is 2.11. The highest BCUT2D eigenvalue weighted by atomic mass is 127. The summed E-state index contributed by atoms with van der Waals surface area (Å²) in [5, 5.41) is 0. The zero-order valence-corrected chi connectivity index (χ0v) is 14.9. The zero-order chi connectivity index (χ0) is 13.7. The van der Waals surface area contributed by atoms with Gasteiger partial charge >= 0.3 is 0 Å². The van der Waals surface area contributed by atoms with Crippen LogP contribution in [0.3, 0.4) is 0 Å². The van der Waals surface area contributed by atoms with Crippen molar-refractivity contribution in [1.82, 2.24) is 4.90 Å². The Morgan fingerprint density at radius 1 is 1.15 bits per heavy atom. The fourth-order valence-electron chi connectivity index (χ4n) is 2.75. The zero-order valence-electron chi connectivity index (χ0n) is 12.6. The molecular formula is C16H26IN3. The number of aliphatic imine (C=N–C) groups is 1. The van der Waals surface area contributed by atoms with Gasteiger partial charge in [0, 0.05) is 19.6 Å². The third-order valence-corrected chi connectivity index (χ3v) is 3.96. The first-order chi connectivity index (χ1) is 9.18. The van der Waals surface area contributed by atoms with Gasteiger partial charge in [-0.05, 0) is 56.2 Å². The number of halogens is 1. The van der Waals surface area contributed by atoms with Crippen LogP contribution in [-0.2, 0) is 6.42 Å². The number of benzene rings is 1. The Labute approximate surface area is 139 Å². The Kier molecular flexibility index (Phi) is 7.34. The maximum absolute atomic E-state index is 6.06. The van der Waals surface area contributed by atoms with E-state index in [1.54, 1.807) is 0 Å². The molecule has 0 atom stereocenters. The SMILES string of the molecule is Cc1cccc(C)c1CCN=C(N)N1CCCCC1.I. The van der Waals surface area contributed by atoms with Crippen molar-refractivity contribution in [3.63, 3.8) is 0 Å². The van der Waals surface area contributed by atoms with E-state index < -0.39 is 0 Å². The number of nitrogens with two attached hydrogens (primary N) is 1. The van der Waals surface area contributed by atoms with E-state index in [1.165, 1.54) is 36.0 Å². The highest BCUT2D eigenvalue weighted by molar-refractivity contribution is 14.0. The second kappa shape index (κ2) is 8.49. The molecule has 1 aromatic carbocycles. The highest BCUT2D eigenvalue weighted by Crippen LogP contribution is 2.14. The lowest BCUT2D eigenvalue weighted by Gasteiger charge is -2.27. The lowest BCUT2D eigenvalue weighted by Crippen LogP contribution is -2.41.